The van der Waals surface area contributed by atoms with Gasteiger partial charge in [0.15, 0.2) is 0 Å². The second-order valence-electron chi connectivity index (χ2n) is 4.78. The molecule has 0 bridgehead atoms. The Balaban J connectivity index is 2.42. The minimum atomic E-state index is -0.752. The van der Waals surface area contributed by atoms with Gasteiger partial charge in [0, 0.05) is 27.3 Å². The van der Waals surface area contributed by atoms with Crippen molar-refractivity contribution >= 4 is 11.8 Å². The number of rotatable bonds is 8. The lowest BCUT2D eigenvalue weighted by Gasteiger charge is -2.21. The molecule has 1 aromatic carbocycles. The zero-order valence-corrected chi connectivity index (χ0v) is 12.5. The average molecular weight is 293 g/mol. The summed E-state index contributed by atoms with van der Waals surface area (Å²) in [6.45, 7) is 1.11. The van der Waals surface area contributed by atoms with E-state index in [4.69, 9.17) is 10.5 Å². The number of methoxy groups -OCH3 is 1. The Labute approximate surface area is 125 Å². The van der Waals surface area contributed by atoms with Crippen molar-refractivity contribution in [3.63, 3.8) is 0 Å². The summed E-state index contributed by atoms with van der Waals surface area (Å²) in [4.78, 5) is 25.2. The molecule has 1 aromatic rings. The maximum Gasteiger partial charge on any atom is 0.244 e. The quantitative estimate of drug-likeness (QED) is 0.675. The van der Waals surface area contributed by atoms with E-state index in [2.05, 4.69) is 5.32 Å². The molecular weight excluding hydrogens is 270 g/mol. The third-order valence-electron chi connectivity index (χ3n) is 3.03. The zero-order chi connectivity index (χ0) is 15.7. The fraction of sp³-hybridized carbons (Fsp3) is 0.467. The number of amides is 2. The monoisotopic (exact) mass is 293 g/mol. The second-order valence-corrected chi connectivity index (χ2v) is 4.78. The van der Waals surface area contributed by atoms with E-state index in [1.165, 1.54) is 4.90 Å². The first-order valence-corrected chi connectivity index (χ1v) is 6.87. The number of carbonyl (C=O) groups excluding carboxylic acids is 2. The van der Waals surface area contributed by atoms with Crippen LogP contribution in [-0.4, -0.2) is 50.6 Å². The molecule has 0 fully saturated rings. The van der Waals surface area contributed by atoms with Crippen LogP contribution >= 0.6 is 0 Å². The predicted octanol–water partition coefficient (Wildman–Crippen LogP) is 0.298. The fourth-order valence-electron chi connectivity index (χ4n) is 1.83. The van der Waals surface area contributed by atoms with Gasteiger partial charge >= 0.3 is 0 Å². The first-order chi connectivity index (χ1) is 10.1. The number of nitrogens with zero attached hydrogens (tertiary/aromatic N) is 1. The summed E-state index contributed by atoms with van der Waals surface area (Å²) in [5.41, 5.74) is 6.65. The summed E-state index contributed by atoms with van der Waals surface area (Å²) in [5.74, 6) is -0.490. The van der Waals surface area contributed by atoms with Crippen molar-refractivity contribution in [3.8, 4) is 0 Å². The zero-order valence-electron chi connectivity index (χ0n) is 12.5. The maximum atomic E-state index is 12.2. The van der Waals surface area contributed by atoms with Crippen LogP contribution in [0.5, 0.6) is 0 Å². The van der Waals surface area contributed by atoms with Gasteiger partial charge in [-0.25, -0.2) is 0 Å². The van der Waals surface area contributed by atoms with Gasteiger partial charge in [-0.05, 0) is 12.0 Å². The SMILES string of the molecule is COCCCNC(=O)CN(C)C(=O)[C@@H](N)c1ccccc1. The van der Waals surface area contributed by atoms with Crippen molar-refractivity contribution in [1.29, 1.82) is 0 Å². The van der Waals surface area contributed by atoms with E-state index in [-0.39, 0.29) is 18.4 Å². The molecular formula is C15H23N3O3. The minimum Gasteiger partial charge on any atom is -0.385 e. The van der Waals surface area contributed by atoms with Crippen LogP contribution in [0.1, 0.15) is 18.0 Å². The van der Waals surface area contributed by atoms with Crippen molar-refractivity contribution in [3.05, 3.63) is 35.9 Å². The van der Waals surface area contributed by atoms with E-state index >= 15 is 0 Å². The number of hydrogen-bond acceptors (Lipinski definition) is 4. The molecule has 0 heterocycles. The number of hydrogen-bond donors (Lipinski definition) is 2. The molecule has 0 radical (unpaired) electrons. The highest BCUT2D eigenvalue weighted by Crippen LogP contribution is 2.11. The van der Waals surface area contributed by atoms with Crippen molar-refractivity contribution in [1.82, 2.24) is 10.2 Å². The molecule has 0 aliphatic heterocycles. The van der Waals surface area contributed by atoms with Crippen LogP contribution in [0.3, 0.4) is 0 Å². The predicted molar refractivity (Wildman–Crippen MR) is 80.5 cm³/mol. The number of likely N-dealkylation sites (N-methyl/N-ethyl adjacent to an activating group) is 1. The average Bonchev–Trinajstić information content (AvgIpc) is 2.51. The standard InChI is InChI=1S/C15H23N3O3/c1-18(11-13(19)17-9-6-10-21-2)15(20)14(16)12-7-4-3-5-8-12/h3-5,7-8,14H,6,9-11,16H2,1-2H3,(H,17,19)/t14-/m0/s1. The molecule has 1 rings (SSSR count). The summed E-state index contributed by atoms with van der Waals surface area (Å²) >= 11 is 0. The Bertz CT molecular complexity index is 451. The molecule has 3 N–H and O–H groups in total. The molecule has 21 heavy (non-hydrogen) atoms. The largest absolute Gasteiger partial charge is 0.385 e. The number of ether oxygens (including phenoxy) is 1. The Hall–Kier alpha value is -1.92. The Morgan fingerprint density at radius 3 is 2.62 bits per heavy atom. The van der Waals surface area contributed by atoms with Gasteiger partial charge in [0.1, 0.15) is 6.04 Å². The molecule has 2 amide bonds. The van der Waals surface area contributed by atoms with E-state index < -0.39 is 6.04 Å². The fourth-order valence-corrected chi connectivity index (χ4v) is 1.83. The maximum absolute atomic E-state index is 12.2. The number of nitrogens with one attached hydrogen (secondary N) is 1. The highest BCUT2D eigenvalue weighted by atomic mass is 16.5. The van der Waals surface area contributed by atoms with E-state index in [9.17, 15) is 9.59 Å². The molecule has 1 atom stereocenters. The topological polar surface area (TPSA) is 84.7 Å². The molecule has 0 aliphatic rings. The summed E-state index contributed by atoms with van der Waals surface area (Å²) < 4.78 is 4.89. The van der Waals surface area contributed by atoms with Gasteiger partial charge in [0.2, 0.25) is 11.8 Å². The first-order valence-electron chi connectivity index (χ1n) is 6.87. The van der Waals surface area contributed by atoms with Crippen LogP contribution in [0, 0.1) is 0 Å². The molecule has 6 heteroatoms. The Morgan fingerprint density at radius 1 is 1.33 bits per heavy atom. The third kappa shape index (κ3) is 5.93. The van der Waals surface area contributed by atoms with Crippen molar-refractivity contribution in [2.45, 2.75) is 12.5 Å². The third-order valence-corrected chi connectivity index (χ3v) is 3.03. The van der Waals surface area contributed by atoms with Gasteiger partial charge < -0.3 is 20.7 Å². The molecule has 0 unspecified atom stereocenters. The van der Waals surface area contributed by atoms with Gasteiger partial charge in [-0.2, -0.15) is 0 Å². The molecule has 0 aliphatic carbocycles. The molecule has 0 saturated carbocycles. The Kier molecular flexibility index (Phi) is 7.42. The summed E-state index contributed by atoms with van der Waals surface area (Å²) in [6.07, 6.45) is 0.740. The summed E-state index contributed by atoms with van der Waals surface area (Å²) in [5, 5.41) is 2.73. The van der Waals surface area contributed by atoms with E-state index in [1.54, 1.807) is 26.3 Å². The van der Waals surface area contributed by atoms with Crippen LogP contribution in [-0.2, 0) is 14.3 Å². The number of benzene rings is 1. The normalized spacial score (nSPS) is 11.8. The van der Waals surface area contributed by atoms with E-state index in [1.807, 2.05) is 18.2 Å². The smallest absolute Gasteiger partial charge is 0.244 e. The molecule has 0 aromatic heterocycles. The first kappa shape index (κ1) is 17.1. The molecule has 0 saturated heterocycles. The van der Waals surface area contributed by atoms with Crippen LogP contribution < -0.4 is 11.1 Å². The van der Waals surface area contributed by atoms with Gasteiger partial charge in [0.05, 0.1) is 6.54 Å². The van der Waals surface area contributed by atoms with Gasteiger partial charge in [0.25, 0.3) is 0 Å². The van der Waals surface area contributed by atoms with E-state index in [0.717, 1.165) is 12.0 Å². The summed E-state index contributed by atoms with van der Waals surface area (Å²) in [6, 6.07) is 8.34. The van der Waals surface area contributed by atoms with Crippen LogP contribution in [0.4, 0.5) is 0 Å². The van der Waals surface area contributed by atoms with Gasteiger partial charge in [-0.1, -0.05) is 30.3 Å². The van der Waals surface area contributed by atoms with Crippen LogP contribution in [0.2, 0.25) is 0 Å². The minimum absolute atomic E-state index is 0.00759. The van der Waals surface area contributed by atoms with Crippen molar-refractivity contribution in [2.75, 3.05) is 33.9 Å². The van der Waals surface area contributed by atoms with Gasteiger partial charge in [-0.15, -0.1) is 0 Å². The molecule has 116 valence electrons. The number of carbonyl (C=O) groups is 2. The molecule has 0 spiro atoms. The van der Waals surface area contributed by atoms with Crippen molar-refractivity contribution in [2.24, 2.45) is 5.73 Å². The highest BCUT2D eigenvalue weighted by molar-refractivity contribution is 5.87. The lowest BCUT2D eigenvalue weighted by molar-refractivity contribution is -0.135. The van der Waals surface area contributed by atoms with E-state index in [0.29, 0.717) is 13.2 Å². The Morgan fingerprint density at radius 2 is 2.00 bits per heavy atom. The highest BCUT2D eigenvalue weighted by Gasteiger charge is 2.21. The van der Waals surface area contributed by atoms with Crippen molar-refractivity contribution < 1.29 is 14.3 Å². The van der Waals surface area contributed by atoms with Crippen LogP contribution in [0.15, 0.2) is 30.3 Å². The lowest BCUT2D eigenvalue weighted by Crippen LogP contribution is -2.42. The molecule has 6 nitrogen and oxygen atoms in total. The number of nitrogens with two attached hydrogens (primary N) is 1. The summed E-state index contributed by atoms with van der Waals surface area (Å²) in [7, 11) is 3.18. The lowest BCUT2D eigenvalue weighted by atomic mass is 10.1. The van der Waals surface area contributed by atoms with Gasteiger partial charge in [-0.3, -0.25) is 9.59 Å². The van der Waals surface area contributed by atoms with Crippen LogP contribution in [0.25, 0.3) is 0 Å². The second kappa shape index (κ2) is 9.10.